The molecule has 0 aliphatic heterocycles. The van der Waals surface area contributed by atoms with Crippen molar-refractivity contribution >= 4 is 17.9 Å². The number of unbranched alkanes of at least 4 members (excludes halogenated alkanes) is 44. The molecule has 6 heteroatoms. The summed E-state index contributed by atoms with van der Waals surface area (Å²) in [6.07, 6.45) is 82.9. The quantitative estimate of drug-likeness (QED) is 0.0261. The zero-order valence-electron chi connectivity index (χ0n) is 51.7. The first kappa shape index (κ1) is 74.4. The Labute approximate surface area is 479 Å². The number of carbonyl (C=O) groups excluding carboxylic acids is 3. The molecule has 450 valence electrons. The van der Waals surface area contributed by atoms with Gasteiger partial charge in [-0.25, -0.2) is 0 Å². The smallest absolute Gasteiger partial charge is 0.306 e. The number of esters is 3. The third-order valence-electron chi connectivity index (χ3n) is 15.3. The molecule has 0 spiro atoms. The second-order valence-electron chi connectivity index (χ2n) is 23.1. The van der Waals surface area contributed by atoms with Crippen molar-refractivity contribution in [2.75, 3.05) is 13.2 Å². The van der Waals surface area contributed by atoms with E-state index in [1.807, 2.05) is 0 Å². The lowest BCUT2D eigenvalue weighted by atomic mass is 10.0. The van der Waals surface area contributed by atoms with E-state index in [4.69, 9.17) is 14.2 Å². The predicted octanol–water partition coefficient (Wildman–Crippen LogP) is 23.3. The van der Waals surface area contributed by atoms with Gasteiger partial charge in [0.2, 0.25) is 0 Å². The van der Waals surface area contributed by atoms with Crippen LogP contribution in [-0.4, -0.2) is 37.2 Å². The summed E-state index contributed by atoms with van der Waals surface area (Å²) < 4.78 is 16.9. The Morgan fingerprint density at radius 1 is 0.273 bits per heavy atom. The van der Waals surface area contributed by atoms with Gasteiger partial charge in [0.15, 0.2) is 6.10 Å². The van der Waals surface area contributed by atoms with Gasteiger partial charge < -0.3 is 14.2 Å². The monoisotopic (exact) mass is 1080 g/mol. The summed E-state index contributed by atoms with van der Waals surface area (Å²) in [6, 6.07) is 0. The molecule has 0 aromatic heterocycles. The molecule has 0 N–H and O–H groups in total. The molecular formula is C71H130O6. The number of carbonyl (C=O) groups is 3. The molecule has 0 aromatic carbocycles. The maximum atomic E-state index is 12.9. The van der Waals surface area contributed by atoms with E-state index < -0.39 is 6.10 Å². The minimum Gasteiger partial charge on any atom is -0.462 e. The van der Waals surface area contributed by atoms with E-state index in [0.717, 1.165) is 89.9 Å². The van der Waals surface area contributed by atoms with Crippen LogP contribution >= 0.6 is 0 Å². The summed E-state index contributed by atoms with van der Waals surface area (Å²) in [5.41, 5.74) is 0. The van der Waals surface area contributed by atoms with Crippen molar-refractivity contribution in [2.45, 2.75) is 374 Å². The molecule has 0 radical (unpaired) electrons. The number of hydrogen-bond acceptors (Lipinski definition) is 6. The van der Waals surface area contributed by atoms with Gasteiger partial charge in [-0.1, -0.05) is 339 Å². The minimum atomic E-state index is -0.775. The molecule has 0 amide bonds. The van der Waals surface area contributed by atoms with Gasteiger partial charge in [-0.3, -0.25) is 14.4 Å². The van der Waals surface area contributed by atoms with Crippen LogP contribution in [0.15, 0.2) is 48.6 Å². The molecule has 0 bridgehead atoms. The first-order valence-electron chi connectivity index (χ1n) is 34.1. The fraction of sp³-hybridized carbons (Fsp3) is 0.845. The van der Waals surface area contributed by atoms with Gasteiger partial charge >= 0.3 is 17.9 Å². The molecule has 0 rings (SSSR count). The lowest BCUT2D eigenvalue weighted by Gasteiger charge is -2.18. The van der Waals surface area contributed by atoms with Crippen LogP contribution in [0, 0.1) is 0 Å². The first-order chi connectivity index (χ1) is 38.0. The van der Waals surface area contributed by atoms with Crippen molar-refractivity contribution in [1.82, 2.24) is 0 Å². The summed E-state index contributed by atoms with van der Waals surface area (Å²) in [5.74, 6) is -0.858. The van der Waals surface area contributed by atoms with Crippen LogP contribution in [0.4, 0.5) is 0 Å². The summed E-state index contributed by atoms with van der Waals surface area (Å²) in [4.78, 5) is 38.3. The number of rotatable bonds is 63. The van der Waals surface area contributed by atoms with Crippen molar-refractivity contribution in [3.63, 3.8) is 0 Å². The van der Waals surface area contributed by atoms with Crippen molar-refractivity contribution < 1.29 is 28.6 Å². The van der Waals surface area contributed by atoms with Gasteiger partial charge in [0.25, 0.3) is 0 Å². The summed E-state index contributed by atoms with van der Waals surface area (Å²) >= 11 is 0. The number of ether oxygens (including phenoxy) is 3. The van der Waals surface area contributed by atoms with E-state index in [1.165, 1.54) is 238 Å². The standard InChI is InChI=1S/C71H130O6/c1-4-7-10-13-16-19-22-24-26-28-30-32-33-34-35-36-37-38-40-41-43-45-47-49-52-55-58-61-64-70(73)76-67-68(66-75-69(72)63-60-57-54-51-21-18-15-12-9-6-3)77-71(74)65-62-59-56-53-50-48-46-44-42-39-31-29-27-25-23-20-17-14-11-8-5-2/h8,11,17,20,25,27,31,39,68H,4-7,9-10,12-16,18-19,21-24,26,28-30,32-38,40-67H2,1-3H3/b11-8-,20-17-,27-25-,39-31-. The van der Waals surface area contributed by atoms with Gasteiger partial charge in [0, 0.05) is 19.3 Å². The average Bonchev–Trinajstić information content (AvgIpc) is 3.43. The number of allylic oxidation sites excluding steroid dienone is 8. The van der Waals surface area contributed by atoms with Crippen LogP contribution in [0.3, 0.4) is 0 Å². The Morgan fingerprint density at radius 3 is 0.792 bits per heavy atom. The van der Waals surface area contributed by atoms with Crippen LogP contribution in [0.25, 0.3) is 0 Å². The largest absolute Gasteiger partial charge is 0.462 e. The maximum absolute atomic E-state index is 12.9. The molecule has 77 heavy (non-hydrogen) atoms. The number of hydrogen-bond donors (Lipinski definition) is 0. The van der Waals surface area contributed by atoms with E-state index in [-0.39, 0.29) is 31.1 Å². The third kappa shape index (κ3) is 64.1. The molecule has 0 saturated heterocycles. The van der Waals surface area contributed by atoms with Crippen molar-refractivity contribution in [2.24, 2.45) is 0 Å². The van der Waals surface area contributed by atoms with E-state index >= 15 is 0 Å². The normalized spacial score (nSPS) is 12.3. The van der Waals surface area contributed by atoms with Gasteiger partial charge in [0.1, 0.15) is 13.2 Å². The second kappa shape index (κ2) is 65.9. The molecule has 1 atom stereocenters. The van der Waals surface area contributed by atoms with E-state index in [9.17, 15) is 14.4 Å². The molecule has 0 fully saturated rings. The molecule has 0 aliphatic rings. The van der Waals surface area contributed by atoms with Gasteiger partial charge in [-0.15, -0.1) is 0 Å². The van der Waals surface area contributed by atoms with Crippen LogP contribution in [-0.2, 0) is 28.6 Å². The zero-order valence-corrected chi connectivity index (χ0v) is 51.7. The zero-order chi connectivity index (χ0) is 55.7. The van der Waals surface area contributed by atoms with Crippen LogP contribution in [0.1, 0.15) is 367 Å². The fourth-order valence-electron chi connectivity index (χ4n) is 10.3. The van der Waals surface area contributed by atoms with E-state index in [2.05, 4.69) is 69.4 Å². The average molecular weight is 1080 g/mol. The minimum absolute atomic E-state index is 0.0715. The molecule has 0 aromatic rings. The molecule has 0 saturated carbocycles. The SMILES string of the molecule is CC/C=C\C/C=C\C/C=C\C/C=C\CCCCCCCCCCC(=O)OC(COC(=O)CCCCCCCCCCCC)COC(=O)CCCCCCCCCCCCCCCCCCCCCCCCCCCCCC. The molecular weight excluding hydrogens is 949 g/mol. The van der Waals surface area contributed by atoms with Gasteiger partial charge in [0.05, 0.1) is 0 Å². The van der Waals surface area contributed by atoms with Crippen LogP contribution in [0.2, 0.25) is 0 Å². The highest BCUT2D eigenvalue weighted by Gasteiger charge is 2.19. The lowest BCUT2D eigenvalue weighted by molar-refractivity contribution is -0.167. The van der Waals surface area contributed by atoms with Crippen molar-refractivity contribution in [3.05, 3.63) is 48.6 Å². The summed E-state index contributed by atoms with van der Waals surface area (Å²) in [6.45, 7) is 6.57. The van der Waals surface area contributed by atoms with Gasteiger partial charge in [-0.2, -0.15) is 0 Å². The lowest BCUT2D eigenvalue weighted by Crippen LogP contribution is -2.30. The highest BCUT2D eigenvalue weighted by molar-refractivity contribution is 5.71. The van der Waals surface area contributed by atoms with E-state index in [0.29, 0.717) is 19.3 Å². The maximum Gasteiger partial charge on any atom is 0.306 e. The van der Waals surface area contributed by atoms with Crippen molar-refractivity contribution in [3.8, 4) is 0 Å². The Hall–Kier alpha value is -2.63. The Balaban J connectivity index is 4.15. The highest BCUT2D eigenvalue weighted by Crippen LogP contribution is 2.18. The summed E-state index contributed by atoms with van der Waals surface area (Å²) in [5, 5.41) is 0. The molecule has 0 aliphatic carbocycles. The topological polar surface area (TPSA) is 78.9 Å². The Bertz CT molecular complexity index is 1330. The Kier molecular flexibility index (Phi) is 63.6. The van der Waals surface area contributed by atoms with Crippen LogP contribution in [0.5, 0.6) is 0 Å². The second-order valence-corrected chi connectivity index (χ2v) is 23.1. The molecule has 6 nitrogen and oxygen atoms in total. The summed E-state index contributed by atoms with van der Waals surface area (Å²) in [7, 11) is 0. The highest BCUT2D eigenvalue weighted by atomic mass is 16.6. The molecule has 1 unspecified atom stereocenters. The predicted molar refractivity (Wildman–Crippen MR) is 335 cm³/mol. The van der Waals surface area contributed by atoms with Gasteiger partial charge in [-0.05, 0) is 57.8 Å². The van der Waals surface area contributed by atoms with Crippen molar-refractivity contribution in [1.29, 1.82) is 0 Å². The van der Waals surface area contributed by atoms with Crippen LogP contribution < -0.4 is 0 Å². The first-order valence-corrected chi connectivity index (χ1v) is 34.1. The van der Waals surface area contributed by atoms with E-state index in [1.54, 1.807) is 0 Å². The Morgan fingerprint density at radius 2 is 0.506 bits per heavy atom. The molecule has 0 heterocycles. The third-order valence-corrected chi connectivity index (χ3v) is 15.3. The fourth-order valence-corrected chi connectivity index (χ4v) is 10.3.